The Morgan fingerprint density at radius 2 is 2.17 bits per heavy atom. The molecule has 0 amide bonds. The van der Waals surface area contributed by atoms with Gasteiger partial charge in [0.05, 0.1) is 26.4 Å². The molecule has 2 atom stereocenters. The van der Waals surface area contributed by atoms with Gasteiger partial charge in [0, 0.05) is 5.56 Å². The van der Waals surface area contributed by atoms with Crippen LogP contribution in [-0.4, -0.2) is 26.4 Å². The Bertz CT molecular complexity index is 391. The third kappa shape index (κ3) is 2.94. The Morgan fingerprint density at radius 1 is 1.33 bits per heavy atom. The highest BCUT2D eigenvalue weighted by Crippen LogP contribution is 2.33. The first kappa shape index (κ1) is 13.2. The predicted octanol–water partition coefficient (Wildman–Crippen LogP) is 2.92. The molecule has 1 saturated heterocycles. The zero-order valence-corrected chi connectivity index (χ0v) is 11.1. The lowest BCUT2D eigenvalue weighted by atomic mass is 10.1. The van der Waals surface area contributed by atoms with Crippen LogP contribution in [0.25, 0.3) is 0 Å². The maximum Gasteiger partial charge on any atom is 0.184 e. The van der Waals surface area contributed by atoms with Crippen LogP contribution in [0.4, 0.5) is 0 Å². The number of hydrogen-bond acceptors (Lipinski definition) is 4. The quantitative estimate of drug-likeness (QED) is 0.825. The molecule has 0 aromatic heterocycles. The van der Waals surface area contributed by atoms with Crippen molar-refractivity contribution in [3.63, 3.8) is 0 Å². The predicted molar refractivity (Wildman–Crippen MR) is 68.0 cm³/mol. The Hall–Kier alpha value is -1.26. The molecule has 18 heavy (non-hydrogen) atoms. The molecule has 0 aliphatic carbocycles. The van der Waals surface area contributed by atoms with Crippen molar-refractivity contribution in [3.05, 3.63) is 23.8 Å². The van der Waals surface area contributed by atoms with Crippen LogP contribution in [0.2, 0.25) is 0 Å². The van der Waals surface area contributed by atoms with Gasteiger partial charge in [0.15, 0.2) is 17.8 Å². The van der Waals surface area contributed by atoms with Crippen LogP contribution >= 0.6 is 0 Å². The highest BCUT2D eigenvalue weighted by molar-refractivity contribution is 5.43. The minimum atomic E-state index is -0.307. The van der Waals surface area contributed by atoms with Crippen LogP contribution in [0.1, 0.15) is 32.1 Å². The molecule has 1 heterocycles. The van der Waals surface area contributed by atoms with Crippen molar-refractivity contribution in [2.75, 3.05) is 20.3 Å². The van der Waals surface area contributed by atoms with E-state index in [1.54, 1.807) is 7.11 Å². The van der Waals surface area contributed by atoms with E-state index in [0.717, 1.165) is 24.3 Å². The summed E-state index contributed by atoms with van der Waals surface area (Å²) in [4.78, 5) is 0. The molecule has 100 valence electrons. The van der Waals surface area contributed by atoms with E-state index >= 15 is 0 Å². The summed E-state index contributed by atoms with van der Waals surface area (Å²) in [6, 6.07) is 5.76. The summed E-state index contributed by atoms with van der Waals surface area (Å²) in [5.74, 6) is 1.45. The molecule has 2 rings (SSSR count). The second-order valence-corrected chi connectivity index (χ2v) is 4.28. The fraction of sp³-hybridized carbons (Fsp3) is 0.571. The van der Waals surface area contributed by atoms with Gasteiger partial charge in [-0.15, -0.1) is 0 Å². The molecule has 1 aromatic carbocycles. The molecule has 0 spiro atoms. The zero-order chi connectivity index (χ0) is 13.0. The first-order valence-corrected chi connectivity index (χ1v) is 6.32. The van der Waals surface area contributed by atoms with Crippen molar-refractivity contribution in [2.24, 2.45) is 0 Å². The summed E-state index contributed by atoms with van der Waals surface area (Å²) in [5, 5.41) is 0. The molecular weight excluding hydrogens is 232 g/mol. The lowest BCUT2D eigenvalue weighted by Crippen LogP contribution is -2.24. The fourth-order valence-corrected chi connectivity index (χ4v) is 1.94. The van der Waals surface area contributed by atoms with Gasteiger partial charge in [-0.25, -0.2) is 0 Å². The Labute approximate surface area is 108 Å². The molecule has 0 N–H and O–H groups in total. The van der Waals surface area contributed by atoms with Gasteiger partial charge in [-0.05, 0) is 32.4 Å². The number of ether oxygens (including phenoxy) is 4. The van der Waals surface area contributed by atoms with Crippen molar-refractivity contribution in [1.29, 1.82) is 0 Å². The molecular formula is C14H20O4. The van der Waals surface area contributed by atoms with Gasteiger partial charge >= 0.3 is 0 Å². The van der Waals surface area contributed by atoms with E-state index in [1.165, 1.54) is 0 Å². The Balaban J connectivity index is 2.18. The Morgan fingerprint density at radius 3 is 2.83 bits per heavy atom. The van der Waals surface area contributed by atoms with E-state index < -0.39 is 0 Å². The molecule has 0 bridgehead atoms. The number of hydrogen-bond donors (Lipinski definition) is 0. The molecule has 4 heteroatoms. The van der Waals surface area contributed by atoms with Crippen LogP contribution < -0.4 is 9.47 Å². The standard InChI is InChI=1S/C14H20O4/c1-4-16-12-6-5-11(9-13(12)15-3)14-17-8-7-10(2)18-14/h5-6,9-10,14H,4,7-8H2,1-3H3/t10-,14+/m0/s1. The number of benzene rings is 1. The first-order chi connectivity index (χ1) is 8.74. The molecule has 1 aromatic rings. The summed E-state index contributed by atoms with van der Waals surface area (Å²) in [6.45, 7) is 5.34. The van der Waals surface area contributed by atoms with Crippen LogP contribution in [0.5, 0.6) is 11.5 Å². The lowest BCUT2D eigenvalue weighted by molar-refractivity contribution is -0.212. The van der Waals surface area contributed by atoms with Crippen LogP contribution in [0.15, 0.2) is 18.2 Å². The summed E-state index contributed by atoms with van der Waals surface area (Å²) in [5.41, 5.74) is 0.960. The van der Waals surface area contributed by atoms with E-state index in [4.69, 9.17) is 18.9 Å². The topological polar surface area (TPSA) is 36.9 Å². The minimum Gasteiger partial charge on any atom is -0.493 e. The van der Waals surface area contributed by atoms with Gasteiger partial charge in [-0.3, -0.25) is 0 Å². The molecule has 0 saturated carbocycles. The molecule has 4 nitrogen and oxygen atoms in total. The second kappa shape index (κ2) is 6.07. The van der Waals surface area contributed by atoms with Crippen molar-refractivity contribution < 1.29 is 18.9 Å². The average Bonchev–Trinajstić information content (AvgIpc) is 2.39. The number of methoxy groups -OCH3 is 1. The van der Waals surface area contributed by atoms with Gasteiger partial charge < -0.3 is 18.9 Å². The summed E-state index contributed by atoms with van der Waals surface area (Å²) < 4.78 is 22.2. The average molecular weight is 252 g/mol. The summed E-state index contributed by atoms with van der Waals surface area (Å²) in [7, 11) is 1.63. The highest BCUT2D eigenvalue weighted by atomic mass is 16.7. The highest BCUT2D eigenvalue weighted by Gasteiger charge is 2.22. The van der Waals surface area contributed by atoms with Gasteiger partial charge in [0.2, 0.25) is 0 Å². The Kier molecular flexibility index (Phi) is 4.44. The largest absolute Gasteiger partial charge is 0.493 e. The van der Waals surface area contributed by atoms with Gasteiger partial charge in [0.1, 0.15) is 0 Å². The van der Waals surface area contributed by atoms with Gasteiger partial charge in [0.25, 0.3) is 0 Å². The zero-order valence-electron chi connectivity index (χ0n) is 11.1. The second-order valence-electron chi connectivity index (χ2n) is 4.28. The number of rotatable bonds is 4. The third-order valence-electron chi connectivity index (χ3n) is 2.91. The van der Waals surface area contributed by atoms with E-state index in [1.807, 2.05) is 25.1 Å². The monoisotopic (exact) mass is 252 g/mol. The van der Waals surface area contributed by atoms with Gasteiger partial charge in [-0.1, -0.05) is 6.07 Å². The first-order valence-electron chi connectivity index (χ1n) is 6.32. The fourth-order valence-electron chi connectivity index (χ4n) is 1.94. The van der Waals surface area contributed by atoms with Crippen molar-refractivity contribution in [3.8, 4) is 11.5 Å². The SMILES string of the molecule is CCOc1ccc([C@@H]2OCC[C@H](C)O2)cc1OC. The van der Waals surface area contributed by atoms with E-state index in [2.05, 4.69) is 6.92 Å². The van der Waals surface area contributed by atoms with E-state index in [-0.39, 0.29) is 12.4 Å². The molecule has 1 aliphatic rings. The molecule has 1 fully saturated rings. The molecule has 0 radical (unpaired) electrons. The lowest BCUT2D eigenvalue weighted by Gasteiger charge is -2.28. The third-order valence-corrected chi connectivity index (χ3v) is 2.91. The molecule has 0 unspecified atom stereocenters. The van der Waals surface area contributed by atoms with E-state index in [0.29, 0.717) is 12.4 Å². The molecule has 1 aliphatic heterocycles. The van der Waals surface area contributed by atoms with Crippen LogP contribution in [-0.2, 0) is 9.47 Å². The summed E-state index contributed by atoms with van der Waals surface area (Å²) >= 11 is 0. The summed E-state index contributed by atoms with van der Waals surface area (Å²) in [6.07, 6.45) is 0.852. The van der Waals surface area contributed by atoms with Crippen molar-refractivity contribution in [2.45, 2.75) is 32.7 Å². The van der Waals surface area contributed by atoms with E-state index in [9.17, 15) is 0 Å². The normalized spacial score (nSPS) is 23.7. The van der Waals surface area contributed by atoms with Crippen molar-refractivity contribution in [1.82, 2.24) is 0 Å². The van der Waals surface area contributed by atoms with Crippen LogP contribution in [0, 0.1) is 0 Å². The maximum atomic E-state index is 5.75. The maximum absolute atomic E-state index is 5.75. The van der Waals surface area contributed by atoms with Crippen LogP contribution in [0.3, 0.4) is 0 Å². The van der Waals surface area contributed by atoms with Crippen molar-refractivity contribution >= 4 is 0 Å². The minimum absolute atomic E-state index is 0.223. The van der Waals surface area contributed by atoms with Gasteiger partial charge in [-0.2, -0.15) is 0 Å². The smallest absolute Gasteiger partial charge is 0.184 e.